The highest BCUT2D eigenvalue weighted by atomic mass is 15.2. The van der Waals surface area contributed by atoms with Gasteiger partial charge in [0.25, 0.3) is 0 Å². The zero-order chi connectivity index (χ0) is 13.9. The molecule has 2 unspecified atom stereocenters. The maximum Gasteiger partial charge on any atom is 0.0325 e. The summed E-state index contributed by atoms with van der Waals surface area (Å²) in [5.74, 6) is 0.734. The highest BCUT2D eigenvalue weighted by Gasteiger charge is 2.40. The van der Waals surface area contributed by atoms with Crippen LogP contribution in [0, 0.1) is 5.92 Å². The molecule has 1 heterocycles. The molecule has 1 saturated heterocycles. The van der Waals surface area contributed by atoms with E-state index in [2.05, 4.69) is 68.4 Å². The summed E-state index contributed by atoms with van der Waals surface area (Å²) in [5, 5.41) is 3.37. The SMILES string of the molecule is CNCC1CCCN(C(C)c2ccccc2)C1(C)C. The largest absolute Gasteiger partial charge is 0.319 e. The molecule has 1 aromatic rings. The first-order chi connectivity index (χ1) is 9.07. The van der Waals surface area contributed by atoms with E-state index in [1.807, 2.05) is 0 Å². The van der Waals surface area contributed by atoms with Gasteiger partial charge >= 0.3 is 0 Å². The van der Waals surface area contributed by atoms with Crippen LogP contribution in [0.4, 0.5) is 0 Å². The quantitative estimate of drug-likeness (QED) is 0.892. The van der Waals surface area contributed by atoms with Crippen molar-refractivity contribution in [2.24, 2.45) is 5.92 Å². The van der Waals surface area contributed by atoms with Crippen molar-refractivity contribution in [2.45, 2.75) is 45.2 Å². The van der Waals surface area contributed by atoms with E-state index in [4.69, 9.17) is 0 Å². The molecule has 2 atom stereocenters. The van der Waals surface area contributed by atoms with Crippen LogP contribution in [0.1, 0.15) is 45.2 Å². The number of hydrogen-bond acceptors (Lipinski definition) is 2. The lowest BCUT2D eigenvalue weighted by atomic mass is 9.77. The van der Waals surface area contributed by atoms with Crippen molar-refractivity contribution in [1.29, 1.82) is 0 Å². The second kappa shape index (κ2) is 6.06. The first kappa shape index (κ1) is 14.5. The van der Waals surface area contributed by atoms with E-state index in [9.17, 15) is 0 Å². The van der Waals surface area contributed by atoms with E-state index in [-0.39, 0.29) is 5.54 Å². The molecular weight excluding hydrogens is 232 g/mol. The van der Waals surface area contributed by atoms with Crippen molar-refractivity contribution < 1.29 is 0 Å². The minimum Gasteiger partial charge on any atom is -0.319 e. The third-order valence-corrected chi connectivity index (χ3v) is 4.89. The predicted octanol–water partition coefficient (Wildman–Crippen LogP) is 3.46. The van der Waals surface area contributed by atoms with Crippen LogP contribution < -0.4 is 5.32 Å². The van der Waals surface area contributed by atoms with Crippen LogP contribution in [0.3, 0.4) is 0 Å². The first-order valence-corrected chi connectivity index (χ1v) is 7.53. The lowest BCUT2D eigenvalue weighted by molar-refractivity contribution is -0.00721. The summed E-state index contributed by atoms with van der Waals surface area (Å²) < 4.78 is 0. The van der Waals surface area contributed by atoms with Gasteiger partial charge < -0.3 is 5.32 Å². The average molecular weight is 260 g/mol. The molecule has 2 nitrogen and oxygen atoms in total. The topological polar surface area (TPSA) is 15.3 Å². The molecule has 1 aliphatic rings. The summed E-state index contributed by atoms with van der Waals surface area (Å²) in [6.07, 6.45) is 2.65. The predicted molar refractivity (Wildman–Crippen MR) is 82.3 cm³/mol. The van der Waals surface area contributed by atoms with Crippen LogP contribution in [0.5, 0.6) is 0 Å². The molecule has 0 saturated carbocycles. The van der Waals surface area contributed by atoms with Gasteiger partial charge in [-0.15, -0.1) is 0 Å². The molecule has 0 radical (unpaired) electrons. The molecule has 0 aromatic heterocycles. The van der Waals surface area contributed by atoms with E-state index in [1.54, 1.807) is 0 Å². The lowest BCUT2D eigenvalue weighted by Crippen LogP contribution is -2.56. The fourth-order valence-corrected chi connectivity index (χ4v) is 3.59. The number of hydrogen-bond donors (Lipinski definition) is 1. The summed E-state index contributed by atoms with van der Waals surface area (Å²) in [6.45, 7) is 9.49. The van der Waals surface area contributed by atoms with Gasteiger partial charge in [0.2, 0.25) is 0 Å². The third kappa shape index (κ3) is 3.01. The fourth-order valence-electron chi connectivity index (χ4n) is 3.59. The van der Waals surface area contributed by atoms with Crippen LogP contribution in [0.25, 0.3) is 0 Å². The van der Waals surface area contributed by atoms with E-state index in [0.29, 0.717) is 6.04 Å². The Kier molecular flexibility index (Phi) is 4.64. The number of nitrogens with one attached hydrogen (secondary N) is 1. The van der Waals surface area contributed by atoms with Crippen molar-refractivity contribution >= 4 is 0 Å². The summed E-state index contributed by atoms with van der Waals surface area (Å²) in [7, 11) is 2.07. The highest BCUT2D eigenvalue weighted by Crippen LogP contribution is 2.38. The molecule has 1 N–H and O–H groups in total. The first-order valence-electron chi connectivity index (χ1n) is 7.53. The fraction of sp³-hybridized carbons (Fsp3) is 0.647. The Labute approximate surface area is 118 Å². The number of rotatable bonds is 4. The molecule has 0 aliphatic carbocycles. The summed E-state index contributed by atoms with van der Waals surface area (Å²) in [6, 6.07) is 11.4. The van der Waals surface area contributed by atoms with Crippen LogP contribution in [0.15, 0.2) is 30.3 Å². The van der Waals surface area contributed by atoms with Crippen molar-refractivity contribution in [3.8, 4) is 0 Å². The second-order valence-electron chi connectivity index (χ2n) is 6.33. The van der Waals surface area contributed by atoms with Gasteiger partial charge in [0.05, 0.1) is 0 Å². The van der Waals surface area contributed by atoms with E-state index in [0.717, 1.165) is 12.5 Å². The third-order valence-electron chi connectivity index (χ3n) is 4.89. The van der Waals surface area contributed by atoms with Crippen molar-refractivity contribution in [1.82, 2.24) is 10.2 Å². The Morgan fingerprint density at radius 2 is 2.00 bits per heavy atom. The maximum absolute atomic E-state index is 3.37. The normalized spacial score (nSPS) is 25.2. The number of piperidine rings is 1. The molecule has 19 heavy (non-hydrogen) atoms. The Morgan fingerprint density at radius 1 is 1.32 bits per heavy atom. The van der Waals surface area contributed by atoms with Gasteiger partial charge in [-0.25, -0.2) is 0 Å². The molecule has 0 bridgehead atoms. The van der Waals surface area contributed by atoms with E-state index in [1.165, 1.54) is 24.9 Å². The van der Waals surface area contributed by atoms with Gasteiger partial charge in [-0.05, 0) is 65.2 Å². The number of nitrogens with zero attached hydrogens (tertiary/aromatic N) is 1. The molecule has 2 heteroatoms. The van der Waals surface area contributed by atoms with Crippen LogP contribution in [0.2, 0.25) is 0 Å². The molecular formula is C17H28N2. The monoisotopic (exact) mass is 260 g/mol. The van der Waals surface area contributed by atoms with Gasteiger partial charge in [0, 0.05) is 11.6 Å². The van der Waals surface area contributed by atoms with Crippen LogP contribution in [-0.4, -0.2) is 30.6 Å². The van der Waals surface area contributed by atoms with Gasteiger partial charge in [-0.2, -0.15) is 0 Å². The van der Waals surface area contributed by atoms with Gasteiger partial charge in [0.1, 0.15) is 0 Å². The summed E-state index contributed by atoms with van der Waals surface area (Å²) >= 11 is 0. The van der Waals surface area contributed by atoms with E-state index < -0.39 is 0 Å². The zero-order valence-electron chi connectivity index (χ0n) is 12.8. The standard InChI is InChI=1S/C17H28N2/c1-14(15-9-6-5-7-10-15)19-12-8-11-16(13-18-4)17(19,2)3/h5-7,9-10,14,16,18H,8,11-13H2,1-4H3. The minimum atomic E-state index is 0.260. The summed E-state index contributed by atoms with van der Waals surface area (Å²) in [4.78, 5) is 2.69. The molecule has 106 valence electrons. The van der Waals surface area contributed by atoms with E-state index >= 15 is 0 Å². The van der Waals surface area contributed by atoms with Crippen LogP contribution in [-0.2, 0) is 0 Å². The molecule has 1 aliphatic heterocycles. The molecule has 1 aromatic carbocycles. The van der Waals surface area contributed by atoms with Crippen molar-refractivity contribution in [2.75, 3.05) is 20.1 Å². The van der Waals surface area contributed by atoms with Crippen molar-refractivity contribution in [3.05, 3.63) is 35.9 Å². The highest BCUT2D eigenvalue weighted by molar-refractivity contribution is 5.19. The second-order valence-corrected chi connectivity index (χ2v) is 6.33. The Balaban J connectivity index is 2.18. The molecule has 1 fully saturated rings. The van der Waals surface area contributed by atoms with Crippen molar-refractivity contribution in [3.63, 3.8) is 0 Å². The number of benzene rings is 1. The Morgan fingerprint density at radius 3 is 2.63 bits per heavy atom. The lowest BCUT2D eigenvalue weighted by Gasteiger charge is -2.51. The molecule has 0 spiro atoms. The Bertz CT molecular complexity index is 384. The van der Waals surface area contributed by atoms with Gasteiger partial charge in [-0.3, -0.25) is 4.90 Å². The number of likely N-dealkylation sites (tertiary alicyclic amines) is 1. The average Bonchev–Trinajstić information content (AvgIpc) is 2.41. The minimum absolute atomic E-state index is 0.260. The van der Waals surface area contributed by atoms with Gasteiger partial charge in [-0.1, -0.05) is 30.3 Å². The molecule has 0 amide bonds. The molecule has 2 rings (SSSR count). The van der Waals surface area contributed by atoms with Crippen LogP contribution >= 0.6 is 0 Å². The zero-order valence-corrected chi connectivity index (χ0v) is 12.8. The van der Waals surface area contributed by atoms with Gasteiger partial charge in [0.15, 0.2) is 0 Å². The maximum atomic E-state index is 3.37. The Hall–Kier alpha value is -0.860. The summed E-state index contributed by atoms with van der Waals surface area (Å²) in [5.41, 5.74) is 1.69. The smallest absolute Gasteiger partial charge is 0.0325 e.